The number of esters is 1. The summed E-state index contributed by atoms with van der Waals surface area (Å²) >= 11 is 0. The maximum absolute atomic E-state index is 13.7. The summed E-state index contributed by atoms with van der Waals surface area (Å²) in [5, 5.41) is -0.0907. The Bertz CT molecular complexity index is 782. The van der Waals surface area contributed by atoms with Gasteiger partial charge in [0.1, 0.15) is 0 Å². The van der Waals surface area contributed by atoms with Gasteiger partial charge < -0.3 is 4.74 Å². The third-order valence-corrected chi connectivity index (χ3v) is 8.36. The molecule has 0 aliphatic carbocycles. The second kappa shape index (κ2) is 6.94. The van der Waals surface area contributed by atoms with E-state index in [1.807, 2.05) is 12.1 Å². The number of carbonyl (C=O) groups is 1. The van der Waals surface area contributed by atoms with E-state index in [1.165, 1.54) is 7.11 Å². The highest BCUT2D eigenvalue weighted by Gasteiger charge is 2.41. The van der Waals surface area contributed by atoms with Crippen molar-refractivity contribution in [2.45, 2.75) is 39.4 Å². The smallest absolute Gasteiger partial charge is 0.337 e. The van der Waals surface area contributed by atoms with Crippen LogP contribution in [0.1, 0.15) is 43.6 Å². The van der Waals surface area contributed by atoms with E-state index >= 15 is 0 Å². The van der Waals surface area contributed by atoms with Crippen molar-refractivity contribution in [2.24, 2.45) is 15.2 Å². The van der Waals surface area contributed by atoms with Gasteiger partial charge in [-0.25, -0.2) is 13.4 Å². The van der Waals surface area contributed by atoms with Gasteiger partial charge in [0.25, 0.3) is 0 Å². The molecule has 1 aromatic carbocycles. The van der Waals surface area contributed by atoms with Crippen molar-refractivity contribution in [1.29, 1.82) is 0 Å². The van der Waals surface area contributed by atoms with Crippen molar-refractivity contribution in [2.75, 3.05) is 19.9 Å². The van der Waals surface area contributed by atoms with Crippen LogP contribution in [0.15, 0.2) is 40.8 Å². The molecule has 1 aliphatic rings. The first-order chi connectivity index (χ1) is 11.5. The second-order valence-corrected chi connectivity index (χ2v) is 10.6. The molecule has 5 heteroatoms. The Balaban J connectivity index is 2.40. The highest BCUT2D eigenvalue weighted by molar-refractivity contribution is 7.94. The van der Waals surface area contributed by atoms with Crippen molar-refractivity contribution in [1.82, 2.24) is 0 Å². The first-order valence-corrected chi connectivity index (χ1v) is 10.3. The third kappa shape index (κ3) is 4.32. The third-order valence-electron chi connectivity index (χ3n) is 4.92. The maximum atomic E-state index is 13.7. The summed E-state index contributed by atoms with van der Waals surface area (Å²) in [6.45, 7) is 8.47. The molecule has 0 radical (unpaired) electrons. The number of carbonyl (C=O) groups excluding carboxylic acids is 1. The zero-order valence-corrected chi connectivity index (χ0v) is 16.9. The number of rotatable bonds is 3. The highest BCUT2D eigenvalue weighted by atomic mass is 32.2. The molecule has 4 nitrogen and oxygen atoms in total. The van der Waals surface area contributed by atoms with Crippen molar-refractivity contribution >= 4 is 15.7 Å². The highest BCUT2D eigenvalue weighted by Crippen LogP contribution is 2.39. The standard InChI is InChI=1S/C20H29NO3S/c1-19(2)11-12-20(3,4)17(25(23,14-19)21-5)13-15-7-9-16(10-8-15)18(22)24-6/h7-12,17H,13-14H2,1-6H3. The Kier molecular flexibility index (Phi) is 5.47. The molecule has 1 aromatic rings. The fraction of sp³-hybridized carbons (Fsp3) is 0.550. The molecule has 0 saturated heterocycles. The number of hydrogen-bond acceptors (Lipinski definition) is 4. The molecule has 0 amide bonds. The molecule has 2 atom stereocenters. The van der Waals surface area contributed by atoms with Gasteiger partial charge in [-0.15, -0.1) is 0 Å². The summed E-state index contributed by atoms with van der Waals surface area (Å²) in [7, 11) is 0.666. The van der Waals surface area contributed by atoms with Gasteiger partial charge in [-0.2, -0.15) is 0 Å². The normalized spacial score (nSPS) is 27.4. The van der Waals surface area contributed by atoms with Crippen LogP contribution in [0.2, 0.25) is 0 Å². The SMILES string of the molecule is CN=S1(=O)CC(C)(C)C=CC(C)(C)C1Cc1ccc(C(=O)OC)cc1. The Hall–Kier alpha value is -1.62. The van der Waals surface area contributed by atoms with E-state index in [2.05, 4.69) is 44.2 Å². The summed E-state index contributed by atoms with van der Waals surface area (Å²) in [5.74, 6) is 0.208. The lowest BCUT2D eigenvalue weighted by atomic mass is 9.83. The fourth-order valence-corrected chi connectivity index (χ4v) is 6.63. The summed E-state index contributed by atoms with van der Waals surface area (Å²) in [4.78, 5) is 11.6. The van der Waals surface area contributed by atoms with Gasteiger partial charge in [-0.1, -0.05) is 52.0 Å². The number of methoxy groups -OCH3 is 1. The van der Waals surface area contributed by atoms with Crippen molar-refractivity contribution in [3.63, 3.8) is 0 Å². The predicted octanol–water partition coefficient (Wildman–Crippen LogP) is 4.10. The lowest BCUT2D eigenvalue weighted by Gasteiger charge is -2.33. The lowest BCUT2D eigenvalue weighted by Crippen LogP contribution is -2.39. The van der Waals surface area contributed by atoms with Gasteiger partial charge in [0.05, 0.1) is 27.7 Å². The molecule has 0 fully saturated rings. The zero-order chi connectivity index (χ0) is 18.9. The minimum Gasteiger partial charge on any atom is -0.465 e. The quantitative estimate of drug-likeness (QED) is 0.600. The summed E-state index contributed by atoms with van der Waals surface area (Å²) in [5.41, 5.74) is 1.20. The van der Waals surface area contributed by atoms with E-state index in [-0.39, 0.29) is 22.0 Å². The van der Waals surface area contributed by atoms with E-state index in [0.717, 1.165) is 5.56 Å². The van der Waals surface area contributed by atoms with Crippen LogP contribution in [-0.2, 0) is 20.9 Å². The van der Waals surface area contributed by atoms with E-state index in [4.69, 9.17) is 4.74 Å². The van der Waals surface area contributed by atoms with Crippen molar-refractivity contribution in [3.05, 3.63) is 47.5 Å². The van der Waals surface area contributed by atoms with Crippen LogP contribution in [0.5, 0.6) is 0 Å². The van der Waals surface area contributed by atoms with Gasteiger partial charge in [0.2, 0.25) is 0 Å². The molecular weight excluding hydrogens is 334 g/mol. The minimum atomic E-state index is -2.38. The van der Waals surface area contributed by atoms with Crippen LogP contribution in [0.25, 0.3) is 0 Å². The van der Waals surface area contributed by atoms with Crippen LogP contribution < -0.4 is 0 Å². The first-order valence-electron chi connectivity index (χ1n) is 8.52. The first kappa shape index (κ1) is 19.7. The summed E-state index contributed by atoms with van der Waals surface area (Å²) in [6, 6.07) is 7.35. The monoisotopic (exact) mass is 363 g/mol. The Labute approximate surface area is 151 Å². The average molecular weight is 364 g/mol. The Morgan fingerprint density at radius 3 is 2.32 bits per heavy atom. The molecule has 2 rings (SSSR count). The number of nitrogens with zero attached hydrogens (tertiary/aromatic N) is 1. The van der Waals surface area contributed by atoms with Gasteiger partial charge in [-0.05, 0) is 34.9 Å². The molecule has 0 aromatic heterocycles. The van der Waals surface area contributed by atoms with Crippen LogP contribution in [0, 0.1) is 10.8 Å². The van der Waals surface area contributed by atoms with Crippen molar-refractivity contribution in [3.8, 4) is 0 Å². The average Bonchev–Trinajstić information content (AvgIpc) is 2.63. The number of hydrogen-bond donors (Lipinski definition) is 0. The van der Waals surface area contributed by atoms with Crippen LogP contribution >= 0.6 is 0 Å². The number of ether oxygens (including phenoxy) is 1. The van der Waals surface area contributed by atoms with E-state index in [0.29, 0.717) is 17.7 Å². The molecule has 25 heavy (non-hydrogen) atoms. The van der Waals surface area contributed by atoms with Crippen LogP contribution in [0.4, 0.5) is 0 Å². The predicted molar refractivity (Wildman–Crippen MR) is 103 cm³/mol. The summed E-state index contributed by atoms with van der Waals surface area (Å²) in [6.07, 6.45) is 5.03. The van der Waals surface area contributed by atoms with Gasteiger partial charge >= 0.3 is 5.97 Å². The molecule has 0 spiro atoms. The van der Waals surface area contributed by atoms with Crippen LogP contribution in [0.3, 0.4) is 0 Å². The maximum Gasteiger partial charge on any atom is 0.337 e. The van der Waals surface area contributed by atoms with Gasteiger partial charge in [0, 0.05) is 12.8 Å². The minimum absolute atomic E-state index is 0.0907. The molecule has 0 bridgehead atoms. The topological polar surface area (TPSA) is 55.7 Å². The number of benzene rings is 1. The van der Waals surface area contributed by atoms with E-state index in [1.54, 1.807) is 19.2 Å². The van der Waals surface area contributed by atoms with Gasteiger partial charge in [0.15, 0.2) is 0 Å². The number of allylic oxidation sites excluding steroid dienone is 2. The Morgan fingerprint density at radius 1 is 1.20 bits per heavy atom. The molecular formula is C20H29NO3S. The molecule has 0 saturated carbocycles. The molecule has 2 unspecified atom stereocenters. The van der Waals surface area contributed by atoms with E-state index < -0.39 is 9.73 Å². The summed E-state index contributed by atoms with van der Waals surface area (Å²) < 4.78 is 22.8. The van der Waals surface area contributed by atoms with E-state index in [9.17, 15) is 9.00 Å². The second-order valence-electron chi connectivity index (χ2n) is 8.04. The lowest BCUT2D eigenvalue weighted by molar-refractivity contribution is 0.0600. The zero-order valence-electron chi connectivity index (χ0n) is 16.0. The molecule has 138 valence electrons. The van der Waals surface area contributed by atoms with Crippen molar-refractivity contribution < 1.29 is 13.7 Å². The Morgan fingerprint density at radius 2 is 1.80 bits per heavy atom. The molecule has 1 heterocycles. The molecule has 1 aliphatic heterocycles. The molecule has 0 N–H and O–H groups in total. The largest absolute Gasteiger partial charge is 0.465 e. The fourth-order valence-electron chi connectivity index (χ4n) is 3.40. The van der Waals surface area contributed by atoms with Gasteiger partial charge in [-0.3, -0.25) is 0 Å². The van der Waals surface area contributed by atoms with Crippen LogP contribution in [-0.4, -0.2) is 35.3 Å².